The summed E-state index contributed by atoms with van der Waals surface area (Å²) in [6.45, 7) is -0.207. The molecule has 0 saturated heterocycles. The second kappa shape index (κ2) is 7.53. The molecule has 1 aliphatic rings. The lowest BCUT2D eigenvalue weighted by atomic mass is 10.1. The van der Waals surface area contributed by atoms with Crippen molar-refractivity contribution in [2.45, 2.75) is 18.9 Å². The number of hydrogen-bond donors (Lipinski definition) is 2. The number of nitrogens with one attached hydrogen (secondary N) is 2. The fraction of sp³-hybridized carbons (Fsp3) is 0.222. The maximum absolute atomic E-state index is 12.1. The van der Waals surface area contributed by atoms with Crippen molar-refractivity contribution in [2.24, 2.45) is 0 Å². The summed E-state index contributed by atoms with van der Waals surface area (Å²) in [4.78, 5) is 34.4. The Hall–Kier alpha value is -2.93. The lowest BCUT2D eigenvalue weighted by molar-refractivity contribution is -0.384. The van der Waals surface area contributed by atoms with Crippen LogP contribution < -0.4 is 10.6 Å². The topological polar surface area (TPSA) is 101 Å². The van der Waals surface area contributed by atoms with Gasteiger partial charge < -0.3 is 10.6 Å². The van der Waals surface area contributed by atoms with Crippen LogP contribution in [0.15, 0.2) is 42.5 Å². The molecule has 0 radical (unpaired) electrons. The molecule has 0 saturated carbocycles. The van der Waals surface area contributed by atoms with Gasteiger partial charge in [0.15, 0.2) is 0 Å². The third-order valence-corrected chi connectivity index (χ3v) is 4.48. The molecular formula is C18H16ClN3O4. The van der Waals surface area contributed by atoms with Gasteiger partial charge in [0.1, 0.15) is 0 Å². The van der Waals surface area contributed by atoms with Crippen LogP contribution >= 0.6 is 11.6 Å². The first-order valence-corrected chi connectivity index (χ1v) is 8.42. The fourth-order valence-electron chi connectivity index (χ4n) is 3.00. The molecule has 2 aromatic rings. The van der Waals surface area contributed by atoms with Gasteiger partial charge in [0.25, 0.3) is 11.6 Å². The van der Waals surface area contributed by atoms with Crippen molar-refractivity contribution in [3.05, 3.63) is 74.3 Å². The molecule has 0 bridgehead atoms. The number of nitro benzene ring substituents is 1. The summed E-state index contributed by atoms with van der Waals surface area (Å²) < 4.78 is 0. The Morgan fingerprint density at radius 2 is 2.04 bits per heavy atom. The van der Waals surface area contributed by atoms with Crippen LogP contribution in [0, 0.1) is 10.1 Å². The molecule has 7 nitrogen and oxygen atoms in total. The molecule has 1 unspecified atom stereocenters. The van der Waals surface area contributed by atoms with Crippen molar-refractivity contribution in [3.63, 3.8) is 0 Å². The molecule has 0 spiro atoms. The first-order chi connectivity index (χ1) is 12.4. The van der Waals surface area contributed by atoms with E-state index in [2.05, 4.69) is 10.6 Å². The minimum absolute atomic E-state index is 0.107. The summed E-state index contributed by atoms with van der Waals surface area (Å²) >= 11 is 5.97. The average molecular weight is 374 g/mol. The van der Waals surface area contributed by atoms with Crippen LogP contribution in [0.5, 0.6) is 0 Å². The first kappa shape index (κ1) is 17.9. The summed E-state index contributed by atoms with van der Waals surface area (Å²) in [5, 5.41) is 16.8. The second-order valence-electron chi connectivity index (χ2n) is 5.99. The van der Waals surface area contributed by atoms with Crippen molar-refractivity contribution in [1.29, 1.82) is 0 Å². The zero-order valence-corrected chi connectivity index (χ0v) is 14.5. The number of rotatable bonds is 5. The maximum atomic E-state index is 12.1. The fourth-order valence-corrected chi connectivity index (χ4v) is 3.20. The van der Waals surface area contributed by atoms with Gasteiger partial charge in [0.2, 0.25) is 5.91 Å². The molecule has 3 rings (SSSR count). The number of aryl methyl sites for hydroxylation is 1. The number of fused-ring (bicyclic) bond motifs is 1. The minimum Gasteiger partial charge on any atom is -0.348 e. The Balaban J connectivity index is 1.56. The lowest BCUT2D eigenvalue weighted by Gasteiger charge is -2.14. The largest absolute Gasteiger partial charge is 0.348 e. The van der Waals surface area contributed by atoms with E-state index in [0.29, 0.717) is 5.02 Å². The highest BCUT2D eigenvalue weighted by Crippen LogP contribution is 2.32. The smallest absolute Gasteiger partial charge is 0.270 e. The molecule has 2 amide bonds. The number of non-ortho nitro benzene ring substituents is 1. The van der Waals surface area contributed by atoms with Crippen LogP contribution in [0.2, 0.25) is 5.02 Å². The molecule has 8 heteroatoms. The van der Waals surface area contributed by atoms with E-state index in [1.807, 2.05) is 12.1 Å². The summed E-state index contributed by atoms with van der Waals surface area (Å²) in [7, 11) is 0. The lowest BCUT2D eigenvalue weighted by Crippen LogP contribution is -2.38. The van der Waals surface area contributed by atoms with Crippen LogP contribution in [-0.4, -0.2) is 23.3 Å². The number of carbonyl (C=O) groups excluding carboxylic acids is 2. The van der Waals surface area contributed by atoms with Crippen LogP contribution in [0.4, 0.5) is 5.69 Å². The van der Waals surface area contributed by atoms with Gasteiger partial charge in [-0.15, -0.1) is 0 Å². The maximum Gasteiger partial charge on any atom is 0.270 e. The number of carbonyl (C=O) groups is 2. The van der Waals surface area contributed by atoms with E-state index < -0.39 is 10.8 Å². The van der Waals surface area contributed by atoms with Gasteiger partial charge >= 0.3 is 0 Å². The van der Waals surface area contributed by atoms with Gasteiger partial charge in [0, 0.05) is 22.7 Å². The van der Waals surface area contributed by atoms with Gasteiger partial charge in [-0.1, -0.05) is 23.7 Å². The molecule has 1 atom stereocenters. The van der Waals surface area contributed by atoms with Gasteiger partial charge in [-0.25, -0.2) is 0 Å². The van der Waals surface area contributed by atoms with Crippen LogP contribution in [-0.2, 0) is 11.2 Å². The normalized spacial score (nSPS) is 15.2. The molecule has 0 heterocycles. The van der Waals surface area contributed by atoms with Crippen LogP contribution in [0.1, 0.15) is 33.9 Å². The molecular weight excluding hydrogens is 358 g/mol. The van der Waals surface area contributed by atoms with Gasteiger partial charge in [0.05, 0.1) is 17.5 Å². The number of amides is 2. The first-order valence-electron chi connectivity index (χ1n) is 8.04. The molecule has 0 fully saturated rings. The predicted octanol–water partition coefficient (Wildman–Crippen LogP) is 2.78. The minimum atomic E-state index is -0.576. The van der Waals surface area contributed by atoms with Crippen molar-refractivity contribution in [1.82, 2.24) is 10.6 Å². The SMILES string of the molecule is O=C(CNC(=O)c1cccc([N+](=O)[O-])c1)NC1CCc2cc(Cl)ccc21. The Kier molecular flexibility index (Phi) is 5.18. The van der Waals surface area contributed by atoms with Gasteiger partial charge in [-0.05, 0) is 42.2 Å². The summed E-state index contributed by atoms with van der Waals surface area (Å²) in [5.41, 5.74) is 2.10. The van der Waals surface area contributed by atoms with E-state index in [1.54, 1.807) is 6.07 Å². The molecule has 0 aliphatic heterocycles. The predicted molar refractivity (Wildman–Crippen MR) is 96.1 cm³/mol. The molecule has 0 aromatic heterocycles. The highest BCUT2D eigenvalue weighted by molar-refractivity contribution is 6.30. The third-order valence-electron chi connectivity index (χ3n) is 4.25. The Labute approximate surface area is 154 Å². The molecule has 134 valence electrons. The molecule has 2 N–H and O–H groups in total. The number of nitrogens with zero attached hydrogens (tertiary/aromatic N) is 1. The standard InChI is InChI=1S/C18H16ClN3O4/c19-13-5-6-15-11(8-13)4-7-16(15)21-17(23)10-20-18(24)12-2-1-3-14(9-12)22(25)26/h1-3,5-6,8-9,16H,4,7,10H2,(H,20,24)(H,21,23). The summed E-state index contributed by atoms with van der Waals surface area (Å²) in [6, 6.07) is 10.8. The van der Waals surface area contributed by atoms with Gasteiger partial charge in [-0.3, -0.25) is 19.7 Å². The summed E-state index contributed by atoms with van der Waals surface area (Å²) in [6.07, 6.45) is 1.61. The molecule has 1 aliphatic carbocycles. The average Bonchev–Trinajstić information content (AvgIpc) is 3.01. The molecule has 26 heavy (non-hydrogen) atoms. The Morgan fingerprint density at radius 3 is 2.81 bits per heavy atom. The zero-order chi connectivity index (χ0) is 18.7. The number of halogens is 1. The van der Waals surface area contributed by atoms with Crippen LogP contribution in [0.25, 0.3) is 0 Å². The Morgan fingerprint density at radius 1 is 1.23 bits per heavy atom. The van der Waals surface area contributed by atoms with Crippen molar-refractivity contribution in [3.8, 4) is 0 Å². The summed E-state index contributed by atoms with van der Waals surface area (Å²) in [5.74, 6) is -0.862. The van der Waals surface area contributed by atoms with E-state index in [4.69, 9.17) is 11.6 Å². The third kappa shape index (κ3) is 4.00. The zero-order valence-electron chi connectivity index (χ0n) is 13.7. The van der Waals surface area contributed by atoms with E-state index in [1.165, 1.54) is 24.3 Å². The van der Waals surface area contributed by atoms with Crippen LogP contribution in [0.3, 0.4) is 0 Å². The van der Waals surface area contributed by atoms with Crippen molar-refractivity contribution < 1.29 is 14.5 Å². The van der Waals surface area contributed by atoms with E-state index in [-0.39, 0.29) is 29.7 Å². The number of benzene rings is 2. The highest BCUT2D eigenvalue weighted by Gasteiger charge is 2.24. The van der Waals surface area contributed by atoms with E-state index in [0.717, 1.165) is 24.0 Å². The van der Waals surface area contributed by atoms with Crippen molar-refractivity contribution >= 4 is 29.1 Å². The highest BCUT2D eigenvalue weighted by atomic mass is 35.5. The van der Waals surface area contributed by atoms with Crippen molar-refractivity contribution in [2.75, 3.05) is 6.54 Å². The molecule has 2 aromatic carbocycles. The monoisotopic (exact) mass is 373 g/mol. The number of nitro groups is 1. The van der Waals surface area contributed by atoms with E-state index in [9.17, 15) is 19.7 Å². The number of hydrogen-bond acceptors (Lipinski definition) is 4. The quantitative estimate of drug-likeness (QED) is 0.621. The van der Waals surface area contributed by atoms with E-state index >= 15 is 0 Å². The second-order valence-corrected chi connectivity index (χ2v) is 6.43. The Bertz CT molecular complexity index is 884. The van der Waals surface area contributed by atoms with Gasteiger partial charge in [-0.2, -0.15) is 0 Å².